The third kappa shape index (κ3) is 3.47. The average molecular weight is 467 g/mol. The zero-order valence-corrected chi connectivity index (χ0v) is 19.5. The summed E-state index contributed by atoms with van der Waals surface area (Å²) in [5.74, 6) is 2.75. The molecule has 5 aromatic rings. The van der Waals surface area contributed by atoms with Crippen molar-refractivity contribution < 1.29 is 4.42 Å². The van der Waals surface area contributed by atoms with E-state index in [0.717, 1.165) is 58.2 Å². The molecule has 0 radical (unpaired) electrons. The van der Waals surface area contributed by atoms with E-state index in [9.17, 15) is 0 Å². The molecule has 176 valence electrons. The second kappa shape index (κ2) is 7.30. The van der Waals surface area contributed by atoms with E-state index in [2.05, 4.69) is 23.8 Å². The SMILES string of the molecule is CC1(C)CCc2c(-c3nc4cc(C(=N)N)ccc4[nH]3)oc(-c3nc4cc(C(=N)N)ccc4[nH]3)c2C1. The Bertz CT molecular complexity index is 1670. The number of fused-ring (bicyclic) bond motifs is 3. The molecule has 35 heavy (non-hydrogen) atoms. The van der Waals surface area contributed by atoms with Gasteiger partial charge in [-0.2, -0.15) is 0 Å². The van der Waals surface area contributed by atoms with E-state index in [1.165, 1.54) is 0 Å². The molecule has 2 aromatic carbocycles. The number of nitrogens with zero attached hydrogens (tertiary/aromatic N) is 2. The number of hydrogen-bond donors (Lipinski definition) is 6. The van der Waals surface area contributed by atoms with Gasteiger partial charge in [0.05, 0.1) is 22.1 Å². The normalized spacial score (nSPS) is 14.9. The van der Waals surface area contributed by atoms with Crippen LogP contribution < -0.4 is 11.5 Å². The van der Waals surface area contributed by atoms with Gasteiger partial charge in [-0.05, 0) is 61.1 Å². The summed E-state index contributed by atoms with van der Waals surface area (Å²) in [5, 5.41) is 15.4. The van der Waals surface area contributed by atoms with E-state index in [1.807, 2.05) is 36.4 Å². The number of hydrogen-bond acceptors (Lipinski definition) is 5. The Labute approximate surface area is 201 Å². The highest BCUT2D eigenvalue weighted by Crippen LogP contribution is 2.45. The van der Waals surface area contributed by atoms with Crippen LogP contribution in [0.5, 0.6) is 0 Å². The van der Waals surface area contributed by atoms with Crippen LogP contribution in [0, 0.1) is 16.2 Å². The van der Waals surface area contributed by atoms with E-state index in [0.29, 0.717) is 28.5 Å². The van der Waals surface area contributed by atoms with Crippen LogP contribution in [-0.4, -0.2) is 31.6 Å². The van der Waals surface area contributed by atoms with Gasteiger partial charge in [0.25, 0.3) is 0 Å². The minimum absolute atomic E-state index is 0.00804. The zero-order valence-electron chi connectivity index (χ0n) is 19.5. The number of nitrogen functional groups attached to an aromatic ring is 2. The molecule has 9 heteroatoms. The number of amidine groups is 2. The quantitative estimate of drug-likeness (QED) is 0.169. The summed E-state index contributed by atoms with van der Waals surface area (Å²) >= 11 is 0. The third-order valence-corrected chi connectivity index (χ3v) is 6.84. The van der Waals surface area contributed by atoms with Gasteiger partial charge >= 0.3 is 0 Å². The highest BCUT2D eigenvalue weighted by Gasteiger charge is 2.34. The molecule has 0 saturated heterocycles. The van der Waals surface area contributed by atoms with Crippen molar-refractivity contribution in [1.29, 1.82) is 10.8 Å². The molecule has 8 N–H and O–H groups in total. The first-order chi connectivity index (χ1) is 16.7. The molecule has 0 aliphatic heterocycles. The Morgan fingerprint density at radius 3 is 1.89 bits per heavy atom. The number of aromatic amines is 2. The molecule has 0 bridgehead atoms. The van der Waals surface area contributed by atoms with Gasteiger partial charge in [-0.1, -0.05) is 13.8 Å². The number of benzene rings is 2. The molecule has 0 spiro atoms. The molecule has 0 fully saturated rings. The van der Waals surface area contributed by atoms with E-state index < -0.39 is 0 Å². The molecular formula is C26H26N8O. The fourth-order valence-electron chi connectivity index (χ4n) is 4.93. The van der Waals surface area contributed by atoms with E-state index in [4.69, 9.17) is 36.7 Å². The van der Waals surface area contributed by atoms with Crippen LogP contribution in [0.2, 0.25) is 0 Å². The van der Waals surface area contributed by atoms with Crippen LogP contribution in [0.3, 0.4) is 0 Å². The second-order valence-corrected chi connectivity index (χ2v) is 10.0. The number of H-pyrrole nitrogens is 2. The lowest BCUT2D eigenvalue weighted by Gasteiger charge is -2.29. The summed E-state index contributed by atoms with van der Waals surface area (Å²) < 4.78 is 6.53. The topological polar surface area (TPSA) is 170 Å². The highest BCUT2D eigenvalue weighted by molar-refractivity contribution is 5.99. The Kier molecular flexibility index (Phi) is 4.41. The van der Waals surface area contributed by atoms with E-state index >= 15 is 0 Å². The fourth-order valence-corrected chi connectivity index (χ4v) is 4.93. The number of nitrogens with two attached hydrogens (primary N) is 2. The Morgan fingerprint density at radius 2 is 1.37 bits per heavy atom. The monoisotopic (exact) mass is 466 g/mol. The minimum Gasteiger partial charge on any atom is -0.449 e. The zero-order chi connectivity index (χ0) is 24.5. The van der Waals surface area contributed by atoms with Gasteiger partial charge in [0.2, 0.25) is 0 Å². The summed E-state index contributed by atoms with van der Waals surface area (Å²) in [7, 11) is 0. The van der Waals surface area contributed by atoms with Crippen molar-refractivity contribution in [2.75, 3.05) is 0 Å². The average Bonchev–Trinajstić information content (AvgIpc) is 3.51. The molecule has 9 nitrogen and oxygen atoms in total. The summed E-state index contributed by atoms with van der Waals surface area (Å²) in [6.45, 7) is 4.54. The van der Waals surface area contributed by atoms with Crippen molar-refractivity contribution in [3.8, 4) is 23.2 Å². The lowest BCUT2D eigenvalue weighted by Crippen LogP contribution is -2.21. The molecule has 1 aliphatic rings. The van der Waals surface area contributed by atoms with Crippen molar-refractivity contribution in [2.45, 2.75) is 33.1 Å². The van der Waals surface area contributed by atoms with Gasteiger partial charge in [0.15, 0.2) is 23.2 Å². The molecule has 0 saturated carbocycles. The second-order valence-electron chi connectivity index (χ2n) is 10.0. The molecule has 0 atom stereocenters. The predicted octanol–water partition coefficient (Wildman–Crippen LogP) is 4.45. The van der Waals surface area contributed by atoms with Crippen molar-refractivity contribution in [3.63, 3.8) is 0 Å². The van der Waals surface area contributed by atoms with Gasteiger partial charge in [0, 0.05) is 22.3 Å². The summed E-state index contributed by atoms with van der Waals surface area (Å²) in [4.78, 5) is 16.3. The summed E-state index contributed by atoms with van der Waals surface area (Å²) in [5.41, 5.74) is 18.2. The first kappa shape index (κ1) is 21.2. The molecule has 6 rings (SSSR count). The minimum atomic E-state index is 0.00804. The standard InChI is InChI=1S/C26H26N8O/c1-26(2)8-7-14-15(11-26)21(25-32-17-6-4-13(23(29)30)10-19(17)34-25)35-20(14)24-31-16-5-3-12(22(27)28)9-18(16)33-24/h3-6,9-10H,7-8,11H2,1-2H3,(H3,27,28)(H3,29,30)(H,31,33)(H,32,34). The number of imidazole rings is 2. The van der Waals surface area contributed by atoms with Crippen LogP contribution >= 0.6 is 0 Å². The number of furan rings is 1. The van der Waals surface area contributed by atoms with E-state index in [1.54, 1.807) is 0 Å². The number of rotatable bonds is 4. The van der Waals surface area contributed by atoms with Crippen LogP contribution in [0.1, 0.15) is 42.5 Å². The fraction of sp³-hybridized carbons (Fsp3) is 0.231. The number of nitrogens with one attached hydrogen (secondary N) is 4. The molecule has 3 heterocycles. The van der Waals surface area contributed by atoms with Gasteiger partial charge < -0.3 is 25.9 Å². The maximum atomic E-state index is 7.72. The van der Waals surface area contributed by atoms with E-state index in [-0.39, 0.29) is 17.1 Å². The lowest BCUT2D eigenvalue weighted by molar-refractivity contribution is 0.317. The molecule has 0 amide bonds. The maximum Gasteiger partial charge on any atom is 0.174 e. The Hall–Kier alpha value is -4.40. The van der Waals surface area contributed by atoms with Gasteiger partial charge in [-0.25, -0.2) is 9.97 Å². The van der Waals surface area contributed by atoms with Gasteiger partial charge in [-0.15, -0.1) is 0 Å². The van der Waals surface area contributed by atoms with Crippen LogP contribution in [0.4, 0.5) is 0 Å². The van der Waals surface area contributed by atoms with Crippen molar-refractivity contribution in [1.82, 2.24) is 19.9 Å². The molecule has 3 aromatic heterocycles. The summed E-state index contributed by atoms with van der Waals surface area (Å²) in [6.07, 6.45) is 2.79. The largest absolute Gasteiger partial charge is 0.449 e. The van der Waals surface area contributed by atoms with Crippen LogP contribution in [-0.2, 0) is 12.8 Å². The summed E-state index contributed by atoms with van der Waals surface area (Å²) in [6, 6.07) is 11.0. The predicted molar refractivity (Wildman–Crippen MR) is 137 cm³/mol. The molecular weight excluding hydrogens is 440 g/mol. The van der Waals surface area contributed by atoms with Crippen molar-refractivity contribution in [2.24, 2.45) is 16.9 Å². The molecule has 0 unspecified atom stereocenters. The van der Waals surface area contributed by atoms with Crippen molar-refractivity contribution >= 4 is 33.7 Å². The first-order valence-electron chi connectivity index (χ1n) is 11.5. The van der Waals surface area contributed by atoms with Crippen LogP contribution in [0.25, 0.3) is 45.2 Å². The van der Waals surface area contributed by atoms with Crippen molar-refractivity contribution in [3.05, 3.63) is 58.7 Å². The third-order valence-electron chi connectivity index (χ3n) is 6.84. The van der Waals surface area contributed by atoms with Gasteiger partial charge in [-0.3, -0.25) is 10.8 Å². The maximum absolute atomic E-state index is 7.72. The van der Waals surface area contributed by atoms with Crippen LogP contribution in [0.15, 0.2) is 40.8 Å². The number of aromatic nitrogens is 4. The van der Waals surface area contributed by atoms with Gasteiger partial charge in [0.1, 0.15) is 11.7 Å². The smallest absolute Gasteiger partial charge is 0.174 e. The lowest BCUT2D eigenvalue weighted by atomic mass is 9.74. The highest BCUT2D eigenvalue weighted by atomic mass is 16.3. The first-order valence-corrected chi connectivity index (χ1v) is 11.5. The molecule has 1 aliphatic carbocycles. The Balaban J connectivity index is 1.52. The Morgan fingerprint density at radius 1 is 0.857 bits per heavy atom.